The standard InChI is InChI=1S/C19H18N2O3/c1-11-8-9-14(12(2)10-11)20-18(23)16-17(22)13-6-4-5-7-15(13)21(3)19(16)24/h4-10,22H,1-3H3,(H,20,23). The average Bonchev–Trinajstić information content (AvgIpc) is 2.55. The van der Waals surface area contributed by atoms with Gasteiger partial charge in [0, 0.05) is 18.1 Å². The number of hydrogen-bond acceptors (Lipinski definition) is 3. The predicted octanol–water partition coefficient (Wildman–Crippen LogP) is 3.11. The number of rotatable bonds is 2. The molecule has 1 aromatic heterocycles. The fourth-order valence-electron chi connectivity index (χ4n) is 2.82. The van der Waals surface area contributed by atoms with Gasteiger partial charge in [0.1, 0.15) is 11.3 Å². The highest BCUT2D eigenvalue weighted by atomic mass is 16.3. The van der Waals surface area contributed by atoms with E-state index in [2.05, 4.69) is 5.32 Å². The first-order valence-corrected chi connectivity index (χ1v) is 7.59. The largest absolute Gasteiger partial charge is 0.506 e. The van der Waals surface area contributed by atoms with Crippen molar-refractivity contribution in [3.8, 4) is 5.75 Å². The number of carbonyl (C=O) groups excluding carboxylic acids is 1. The third-order valence-electron chi connectivity index (χ3n) is 4.13. The van der Waals surface area contributed by atoms with E-state index in [1.807, 2.05) is 26.0 Å². The molecule has 0 radical (unpaired) electrons. The van der Waals surface area contributed by atoms with Crippen LogP contribution < -0.4 is 10.9 Å². The van der Waals surface area contributed by atoms with E-state index in [1.54, 1.807) is 37.4 Å². The lowest BCUT2D eigenvalue weighted by Gasteiger charge is -2.13. The zero-order chi connectivity index (χ0) is 17.4. The van der Waals surface area contributed by atoms with Crippen molar-refractivity contribution in [3.63, 3.8) is 0 Å². The Bertz CT molecular complexity index is 1020. The van der Waals surface area contributed by atoms with Crippen molar-refractivity contribution in [2.24, 2.45) is 7.05 Å². The van der Waals surface area contributed by atoms with Crippen LogP contribution in [0.1, 0.15) is 21.5 Å². The van der Waals surface area contributed by atoms with Crippen molar-refractivity contribution < 1.29 is 9.90 Å². The summed E-state index contributed by atoms with van der Waals surface area (Å²) < 4.78 is 1.37. The van der Waals surface area contributed by atoms with Gasteiger partial charge in [-0.25, -0.2) is 0 Å². The Morgan fingerprint density at radius 2 is 1.83 bits per heavy atom. The fraction of sp³-hybridized carbons (Fsp3) is 0.158. The highest BCUT2D eigenvalue weighted by molar-refractivity contribution is 6.09. The highest BCUT2D eigenvalue weighted by Crippen LogP contribution is 2.26. The number of fused-ring (bicyclic) bond motifs is 1. The van der Waals surface area contributed by atoms with Crippen LogP contribution in [0.4, 0.5) is 5.69 Å². The lowest BCUT2D eigenvalue weighted by Crippen LogP contribution is -2.28. The van der Waals surface area contributed by atoms with Crippen LogP contribution in [-0.2, 0) is 7.05 Å². The molecule has 0 aliphatic heterocycles. The summed E-state index contributed by atoms with van der Waals surface area (Å²) in [7, 11) is 1.58. The van der Waals surface area contributed by atoms with E-state index in [-0.39, 0.29) is 11.3 Å². The maximum Gasteiger partial charge on any atom is 0.267 e. The van der Waals surface area contributed by atoms with Gasteiger partial charge in [0.05, 0.1) is 5.52 Å². The molecule has 3 aromatic rings. The Morgan fingerprint density at radius 1 is 1.12 bits per heavy atom. The smallest absolute Gasteiger partial charge is 0.267 e. The zero-order valence-corrected chi connectivity index (χ0v) is 13.8. The van der Waals surface area contributed by atoms with Crippen LogP contribution in [0.2, 0.25) is 0 Å². The molecule has 0 saturated heterocycles. The van der Waals surface area contributed by atoms with Gasteiger partial charge in [-0.15, -0.1) is 0 Å². The number of aryl methyl sites for hydroxylation is 3. The highest BCUT2D eigenvalue weighted by Gasteiger charge is 2.21. The first-order chi connectivity index (χ1) is 11.4. The lowest BCUT2D eigenvalue weighted by atomic mass is 10.1. The SMILES string of the molecule is Cc1ccc(NC(=O)c2c(O)c3ccccc3n(C)c2=O)c(C)c1. The Balaban J connectivity index is 2.12. The summed E-state index contributed by atoms with van der Waals surface area (Å²) in [4.78, 5) is 25.1. The van der Waals surface area contributed by atoms with Crippen LogP contribution in [0.5, 0.6) is 5.75 Å². The van der Waals surface area contributed by atoms with Gasteiger partial charge in [0.2, 0.25) is 0 Å². The number of pyridine rings is 1. The van der Waals surface area contributed by atoms with E-state index in [1.165, 1.54) is 4.57 Å². The summed E-state index contributed by atoms with van der Waals surface area (Å²) in [5, 5.41) is 13.6. The summed E-state index contributed by atoms with van der Waals surface area (Å²) in [5.74, 6) is -0.915. The van der Waals surface area contributed by atoms with Crippen LogP contribution in [0.15, 0.2) is 47.3 Å². The van der Waals surface area contributed by atoms with Crippen LogP contribution in [0, 0.1) is 13.8 Å². The molecule has 2 N–H and O–H groups in total. The maximum absolute atomic E-state index is 12.6. The van der Waals surface area contributed by atoms with Crippen molar-refractivity contribution >= 4 is 22.5 Å². The third kappa shape index (κ3) is 2.54. The Labute approximate surface area is 139 Å². The van der Waals surface area contributed by atoms with E-state index >= 15 is 0 Å². The van der Waals surface area contributed by atoms with E-state index in [4.69, 9.17) is 0 Å². The third-order valence-corrected chi connectivity index (χ3v) is 4.13. The van der Waals surface area contributed by atoms with Crippen LogP contribution >= 0.6 is 0 Å². The molecule has 122 valence electrons. The average molecular weight is 322 g/mol. The maximum atomic E-state index is 12.6. The van der Waals surface area contributed by atoms with Gasteiger partial charge >= 0.3 is 0 Å². The van der Waals surface area contributed by atoms with Crippen LogP contribution in [0.25, 0.3) is 10.9 Å². The number of benzene rings is 2. The second kappa shape index (κ2) is 5.85. The number of nitrogens with one attached hydrogen (secondary N) is 1. The van der Waals surface area contributed by atoms with Gasteiger partial charge in [-0.3, -0.25) is 9.59 Å². The number of carbonyl (C=O) groups is 1. The molecule has 0 aliphatic carbocycles. The van der Waals surface area contributed by atoms with Gasteiger partial charge in [0.15, 0.2) is 0 Å². The summed E-state index contributed by atoms with van der Waals surface area (Å²) in [5.41, 5.74) is 2.36. The molecular weight excluding hydrogens is 304 g/mol. The van der Waals surface area contributed by atoms with Crippen LogP contribution in [-0.4, -0.2) is 15.6 Å². The molecule has 0 aliphatic rings. The zero-order valence-electron chi connectivity index (χ0n) is 13.8. The van der Waals surface area contributed by atoms with Crippen molar-refractivity contribution in [2.45, 2.75) is 13.8 Å². The Hall–Kier alpha value is -3.08. The molecule has 0 unspecified atom stereocenters. The topological polar surface area (TPSA) is 71.3 Å². The van der Waals surface area contributed by atoms with Gasteiger partial charge in [0.25, 0.3) is 11.5 Å². The molecule has 0 fully saturated rings. The number of hydrogen-bond donors (Lipinski definition) is 2. The minimum atomic E-state index is -0.620. The predicted molar refractivity (Wildman–Crippen MR) is 94.7 cm³/mol. The number of aromatic hydroxyl groups is 1. The molecule has 1 heterocycles. The van der Waals surface area contributed by atoms with Gasteiger partial charge in [-0.2, -0.15) is 0 Å². The summed E-state index contributed by atoms with van der Waals surface area (Å²) in [6.45, 7) is 3.84. The lowest BCUT2D eigenvalue weighted by molar-refractivity contribution is 0.102. The van der Waals surface area contributed by atoms with E-state index < -0.39 is 11.5 Å². The number of amides is 1. The van der Waals surface area contributed by atoms with Crippen molar-refractivity contribution in [3.05, 3.63) is 69.5 Å². The molecule has 0 saturated carbocycles. The van der Waals surface area contributed by atoms with Gasteiger partial charge in [-0.1, -0.05) is 29.8 Å². The molecule has 24 heavy (non-hydrogen) atoms. The molecule has 1 amide bonds. The van der Waals surface area contributed by atoms with Crippen molar-refractivity contribution in [2.75, 3.05) is 5.32 Å². The molecule has 0 spiro atoms. The number of aromatic nitrogens is 1. The van der Waals surface area contributed by atoms with Gasteiger partial charge < -0.3 is 15.0 Å². The monoisotopic (exact) mass is 322 g/mol. The number of nitrogens with zero attached hydrogens (tertiary/aromatic N) is 1. The summed E-state index contributed by atoms with van der Waals surface area (Å²) >= 11 is 0. The fourth-order valence-corrected chi connectivity index (χ4v) is 2.82. The summed E-state index contributed by atoms with van der Waals surface area (Å²) in [6.07, 6.45) is 0. The summed E-state index contributed by atoms with van der Waals surface area (Å²) in [6, 6.07) is 12.5. The van der Waals surface area contributed by atoms with Crippen molar-refractivity contribution in [1.82, 2.24) is 4.57 Å². The quantitative estimate of drug-likeness (QED) is 0.761. The van der Waals surface area contributed by atoms with Crippen molar-refractivity contribution in [1.29, 1.82) is 0 Å². The first-order valence-electron chi connectivity index (χ1n) is 7.59. The normalized spacial score (nSPS) is 10.8. The van der Waals surface area contributed by atoms with E-state index in [9.17, 15) is 14.7 Å². The molecule has 0 bridgehead atoms. The second-order valence-electron chi connectivity index (χ2n) is 5.88. The molecule has 5 nitrogen and oxygen atoms in total. The van der Waals surface area contributed by atoms with Gasteiger partial charge in [-0.05, 0) is 37.6 Å². The minimum Gasteiger partial charge on any atom is -0.506 e. The van der Waals surface area contributed by atoms with E-state index in [0.29, 0.717) is 16.6 Å². The number of para-hydroxylation sites is 1. The Morgan fingerprint density at radius 3 is 2.54 bits per heavy atom. The second-order valence-corrected chi connectivity index (χ2v) is 5.88. The molecular formula is C19H18N2O3. The van der Waals surface area contributed by atoms with E-state index in [0.717, 1.165) is 11.1 Å². The molecule has 5 heteroatoms. The first kappa shape index (κ1) is 15.8. The minimum absolute atomic E-state index is 0.254. The number of anilines is 1. The molecule has 3 rings (SSSR count). The Kier molecular flexibility index (Phi) is 3.85. The molecule has 0 atom stereocenters. The van der Waals surface area contributed by atoms with Crippen LogP contribution in [0.3, 0.4) is 0 Å². The molecule has 2 aromatic carbocycles.